The average Bonchev–Trinajstić information content (AvgIpc) is 2.01. The second kappa shape index (κ2) is 3.85. The molecule has 64 valence electrons. The van der Waals surface area contributed by atoms with Gasteiger partial charge in [-0.05, 0) is 17.7 Å². The standard InChI is InChI=1S/C9H10FNO/c1-11(12)6-5-8-3-2-4-9(10)7-8/h2-4,6-7H,5H2,1H3/b11-6-. The first kappa shape index (κ1) is 8.71. The van der Waals surface area contributed by atoms with Crippen molar-refractivity contribution < 1.29 is 9.13 Å². The van der Waals surface area contributed by atoms with Crippen LogP contribution in [-0.2, 0) is 6.42 Å². The van der Waals surface area contributed by atoms with E-state index >= 15 is 0 Å². The first-order valence-corrected chi connectivity index (χ1v) is 3.66. The number of hydroxylamine groups is 1. The van der Waals surface area contributed by atoms with Gasteiger partial charge in [-0.1, -0.05) is 12.1 Å². The summed E-state index contributed by atoms with van der Waals surface area (Å²) < 4.78 is 13.3. The van der Waals surface area contributed by atoms with Crippen LogP contribution in [0, 0.1) is 11.0 Å². The fourth-order valence-electron chi connectivity index (χ4n) is 0.898. The molecule has 2 nitrogen and oxygen atoms in total. The summed E-state index contributed by atoms with van der Waals surface area (Å²) in [6.45, 7) is 0. The summed E-state index contributed by atoms with van der Waals surface area (Å²) in [6, 6.07) is 6.21. The molecule has 3 heteroatoms. The Morgan fingerprint density at radius 1 is 1.58 bits per heavy atom. The topological polar surface area (TPSA) is 26.1 Å². The van der Waals surface area contributed by atoms with E-state index in [9.17, 15) is 9.60 Å². The third-order valence-electron chi connectivity index (χ3n) is 1.47. The Morgan fingerprint density at radius 3 is 2.92 bits per heavy atom. The maximum atomic E-state index is 12.6. The highest BCUT2D eigenvalue weighted by atomic mass is 19.1. The van der Waals surface area contributed by atoms with Crippen molar-refractivity contribution >= 4 is 6.21 Å². The smallest absolute Gasteiger partial charge is 0.155 e. The van der Waals surface area contributed by atoms with Crippen LogP contribution in [0.2, 0.25) is 0 Å². The van der Waals surface area contributed by atoms with Gasteiger partial charge in [-0.2, -0.15) is 0 Å². The van der Waals surface area contributed by atoms with Crippen LogP contribution in [0.25, 0.3) is 0 Å². The quantitative estimate of drug-likeness (QED) is 0.284. The van der Waals surface area contributed by atoms with Crippen LogP contribution in [0.3, 0.4) is 0 Å². The number of hydrogen-bond donors (Lipinski definition) is 0. The van der Waals surface area contributed by atoms with E-state index in [0.717, 1.165) is 5.56 Å². The third-order valence-corrected chi connectivity index (χ3v) is 1.47. The van der Waals surface area contributed by atoms with E-state index in [2.05, 4.69) is 0 Å². The minimum Gasteiger partial charge on any atom is -0.624 e. The second-order valence-corrected chi connectivity index (χ2v) is 2.56. The van der Waals surface area contributed by atoms with E-state index in [0.29, 0.717) is 11.2 Å². The largest absolute Gasteiger partial charge is 0.624 e. The minimum absolute atomic E-state index is 0.269. The molecule has 0 unspecified atom stereocenters. The fraction of sp³-hybridized carbons (Fsp3) is 0.222. The molecule has 12 heavy (non-hydrogen) atoms. The molecular weight excluding hydrogens is 157 g/mol. The summed E-state index contributed by atoms with van der Waals surface area (Å²) in [4.78, 5) is 0. The molecule has 0 bridgehead atoms. The molecule has 0 saturated heterocycles. The van der Waals surface area contributed by atoms with E-state index in [1.165, 1.54) is 25.4 Å². The van der Waals surface area contributed by atoms with Gasteiger partial charge in [0, 0.05) is 0 Å². The number of hydrogen-bond acceptors (Lipinski definition) is 1. The van der Waals surface area contributed by atoms with Crippen molar-refractivity contribution in [2.24, 2.45) is 0 Å². The normalized spacial score (nSPS) is 11.7. The lowest BCUT2D eigenvalue weighted by atomic mass is 10.2. The van der Waals surface area contributed by atoms with E-state index in [1.807, 2.05) is 0 Å². The second-order valence-electron chi connectivity index (χ2n) is 2.56. The molecule has 1 aromatic carbocycles. The lowest BCUT2D eigenvalue weighted by Gasteiger charge is -1.96. The number of benzene rings is 1. The van der Waals surface area contributed by atoms with Crippen molar-refractivity contribution in [1.29, 1.82) is 0 Å². The predicted molar refractivity (Wildman–Crippen MR) is 45.7 cm³/mol. The van der Waals surface area contributed by atoms with Crippen LogP contribution in [0.15, 0.2) is 24.3 Å². The number of rotatable bonds is 2. The van der Waals surface area contributed by atoms with Gasteiger partial charge >= 0.3 is 0 Å². The van der Waals surface area contributed by atoms with Gasteiger partial charge in [0.25, 0.3) is 0 Å². The molecule has 0 atom stereocenters. The van der Waals surface area contributed by atoms with Crippen molar-refractivity contribution in [3.05, 3.63) is 40.9 Å². The summed E-state index contributed by atoms with van der Waals surface area (Å²) in [5, 5.41) is 10.5. The Hall–Kier alpha value is -1.38. The summed E-state index contributed by atoms with van der Waals surface area (Å²) >= 11 is 0. The molecular formula is C9H10FNO. The third kappa shape index (κ3) is 2.70. The molecule has 0 heterocycles. The van der Waals surface area contributed by atoms with Gasteiger partial charge in [-0.3, -0.25) is 0 Å². The van der Waals surface area contributed by atoms with Crippen molar-refractivity contribution in [1.82, 2.24) is 0 Å². The number of halogens is 1. The summed E-state index contributed by atoms with van der Waals surface area (Å²) in [7, 11) is 1.40. The fourth-order valence-corrected chi connectivity index (χ4v) is 0.898. The molecule has 0 spiro atoms. The molecule has 0 aromatic heterocycles. The molecule has 0 aliphatic rings. The summed E-state index contributed by atoms with van der Waals surface area (Å²) in [5.41, 5.74) is 0.803. The molecule has 0 aliphatic carbocycles. The molecule has 1 rings (SSSR count). The van der Waals surface area contributed by atoms with Crippen molar-refractivity contribution in [3.8, 4) is 0 Å². The zero-order valence-corrected chi connectivity index (χ0v) is 6.83. The highest BCUT2D eigenvalue weighted by molar-refractivity contribution is 5.56. The van der Waals surface area contributed by atoms with Gasteiger partial charge in [0.1, 0.15) is 12.9 Å². The van der Waals surface area contributed by atoms with Gasteiger partial charge in [-0.25, -0.2) is 9.13 Å². The van der Waals surface area contributed by atoms with Crippen molar-refractivity contribution in [3.63, 3.8) is 0 Å². The van der Waals surface area contributed by atoms with Crippen LogP contribution in [0.4, 0.5) is 4.39 Å². The van der Waals surface area contributed by atoms with Crippen LogP contribution in [-0.4, -0.2) is 18.0 Å². The molecule has 0 N–H and O–H groups in total. The van der Waals surface area contributed by atoms with E-state index < -0.39 is 0 Å². The number of nitrogens with zero attached hydrogens (tertiary/aromatic N) is 1. The molecule has 0 aliphatic heterocycles. The molecule has 0 fully saturated rings. The lowest BCUT2D eigenvalue weighted by Crippen LogP contribution is -1.99. The van der Waals surface area contributed by atoms with Gasteiger partial charge in [-0.15, -0.1) is 0 Å². The van der Waals surface area contributed by atoms with Crippen molar-refractivity contribution in [2.45, 2.75) is 6.42 Å². The Labute approximate surface area is 70.5 Å². The van der Waals surface area contributed by atoms with Gasteiger partial charge < -0.3 is 5.21 Å². The maximum absolute atomic E-state index is 12.6. The SMILES string of the molecule is C/[N+]([O-])=C/Cc1cccc(F)c1. The van der Waals surface area contributed by atoms with Gasteiger partial charge in [0.15, 0.2) is 6.21 Å². The average molecular weight is 167 g/mol. The molecule has 0 saturated carbocycles. The lowest BCUT2D eigenvalue weighted by molar-refractivity contribution is -0.418. The Bertz CT molecular complexity index is 292. The zero-order chi connectivity index (χ0) is 8.97. The van der Waals surface area contributed by atoms with Crippen LogP contribution < -0.4 is 0 Å². The van der Waals surface area contributed by atoms with E-state index in [4.69, 9.17) is 0 Å². The van der Waals surface area contributed by atoms with Gasteiger partial charge in [0.05, 0.1) is 6.42 Å². The van der Waals surface area contributed by atoms with Gasteiger partial charge in [0.2, 0.25) is 0 Å². The first-order chi connectivity index (χ1) is 5.68. The molecule has 0 amide bonds. The Balaban J connectivity index is 2.70. The van der Waals surface area contributed by atoms with Crippen LogP contribution in [0.5, 0.6) is 0 Å². The molecule has 1 aromatic rings. The van der Waals surface area contributed by atoms with E-state index in [-0.39, 0.29) is 5.82 Å². The zero-order valence-electron chi connectivity index (χ0n) is 6.83. The Morgan fingerprint density at radius 2 is 2.33 bits per heavy atom. The van der Waals surface area contributed by atoms with Crippen molar-refractivity contribution in [2.75, 3.05) is 7.05 Å². The maximum Gasteiger partial charge on any atom is 0.155 e. The monoisotopic (exact) mass is 167 g/mol. The van der Waals surface area contributed by atoms with Crippen LogP contribution >= 0.6 is 0 Å². The predicted octanol–water partition coefficient (Wildman–Crippen LogP) is 1.58. The first-order valence-electron chi connectivity index (χ1n) is 3.66. The van der Waals surface area contributed by atoms with Crippen LogP contribution in [0.1, 0.15) is 5.56 Å². The summed E-state index contributed by atoms with van der Waals surface area (Å²) in [5.74, 6) is -0.269. The van der Waals surface area contributed by atoms with E-state index in [1.54, 1.807) is 12.1 Å². The summed E-state index contributed by atoms with van der Waals surface area (Å²) in [6.07, 6.45) is 1.92. The Kier molecular flexibility index (Phi) is 2.80. The minimum atomic E-state index is -0.269. The highest BCUT2D eigenvalue weighted by Crippen LogP contribution is 2.02. The molecule has 0 radical (unpaired) electrons. The highest BCUT2D eigenvalue weighted by Gasteiger charge is 1.94.